The number of nitrogens with zero attached hydrogens (tertiary/aromatic N) is 3. The van der Waals surface area contributed by atoms with Crippen LogP contribution in [0.25, 0.3) is 0 Å². The molecule has 1 aliphatic carbocycles. The molecule has 0 unspecified atom stereocenters. The molecule has 116 valence electrons. The van der Waals surface area contributed by atoms with Crippen molar-refractivity contribution in [3.05, 3.63) is 34.3 Å². The van der Waals surface area contributed by atoms with E-state index in [1.807, 2.05) is 17.5 Å². The van der Waals surface area contributed by atoms with Gasteiger partial charge in [0, 0.05) is 10.9 Å². The predicted molar refractivity (Wildman–Crippen MR) is 79.7 cm³/mol. The van der Waals surface area contributed by atoms with E-state index >= 15 is 0 Å². The number of hydrogen-bond acceptors (Lipinski definition) is 5. The van der Waals surface area contributed by atoms with E-state index in [4.69, 9.17) is 5.11 Å². The number of carboxylic acids is 1. The molecular weight excluding hydrogens is 304 g/mol. The highest BCUT2D eigenvalue weighted by atomic mass is 32.1. The molecule has 2 heterocycles. The average molecular weight is 320 g/mol. The van der Waals surface area contributed by atoms with Crippen LogP contribution in [0.1, 0.15) is 34.6 Å². The van der Waals surface area contributed by atoms with Crippen molar-refractivity contribution in [2.75, 3.05) is 0 Å². The van der Waals surface area contributed by atoms with Gasteiger partial charge >= 0.3 is 5.97 Å². The van der Waals surface area contributed by atoms with Gasteiger partial charge in [0.25, 0.3) is 5.91 Å². The van der Waals surface area contributed by atoms with Gasteiger partial charge in [0.1, 0.15) is 0 Å². The van der Waals surface area contributed by atoms with Crippen LogP contribution in [0.15, 0.2) is 23.7 Å². The quantitative estimate of drug-likeness (QED) is 0.867. The highest BCUT2D eigenvalue weighted by molar-refractivity contribution is 7.09. The molecule has 2 aromatic heterocycles. The zero-order valence-corrected chi connectivity index (χ0v) is 12.6. The van der Waals surface area contributed by atoms with Crippen molar-refractivity contribution in [2.24, 2.45) is 5.92 Å². The van der Waals surface area contributed by atoms with Gasteiger partial charge in [-0.2, -0.15) is 0 Å². The minimum Gasteiger partial charge on any atom is -0.481 e. The fourth-order valence-electron chi connectivity index (χ4n) is 2.64. The first kappa shape index (κ1) is 14.7. The van der Waals surface area contributed by atoms with Crippen molar-refractivity contribution in [2.45, 2.75) is 31.8 Å². The molecule has 1 amide bonds. The number of amides is 1. The van der Waals surface area contributed by atoms with Crippen molar-refractivity contribution >= 4 is 23.2 Å². The molecule has 1 fully saturated rings. The maximum absolute atomic E-state index is 12.1. The molecule has 2 N–H and O–H groups in total. The number of nitrogens with one attached hydrogen (secondary N) is 1. The number of hydrogen-bond donors (Lipinski definition) is 2. The average Bonchev–Trinajstić information content (AvgIpc) is 3.19. The number of aliphatic carboxylic acids is 1. The van der Waals surface area contributed by atoms with Crippen LogP contribution in [0, 0.1) is 5.92 Å². The van der Waals surface area contributed by atoms with E-state index in [1.165, 1.54) is 0 Å². The smallest absolute Gasteiger partial charge is 0.306 e. The molecule has 0 aromatic carbocycles. The number of carboxylic acid groups (broad SMARTS) is 1. The summed E-state index contributed by atoms with van der Waals surface area (Å²) in [6.07, 6.45) is 3.38. The second-order valence-electron chi connectivity index (χ2n) is 5.40. The highest BCUT2D eigenvalue weighted by Gasteiger charge is 2.31. The standard InChI is InChI=1S/C14H16N4O3S/c19-13(15-10-4-3-9(6-10)14(20)21)12-8-18(17-16-12)7-11-2-1-5-22-11/h1-2,5,8-10H,3-4,6-7H2,(H,15,19)(H,20,21)/t9-,10+/m0/s1. The van der Waals surface area contributed by atoms with E-state index in [-0.39, 0.29) is 23.6 Å². The van der Waals surface area contributed by atoms with Gasteiger partial charge < -0.3 is 10.4 Å². The molecule has 1 aliphatic rings. The number of carbonyl (C=O) groups excluding carboxylic acids is 1. The largest absolute Gasteiger partial charge is 0.481 e. The van der Waals surface area contributed by atoms with Crippen molar-refractivity contribution in [1.29, 1.82) is 0 Å². The van der Waals surface area contributed by atoms with E-state index in [1.54, 1.807) is 22.2 Å². The van der Waals surface area contributed by atoms with Crippen LogP contribution in [0.5, 0.6) is 0 Å². The van der Waals surface area contributed by atoms with E-state index in [2.05, 4.69) is 15.6 Å². The molecule has 1 saturated carbocycles. The summed E-state index contributed by atoms with van der Waals surface area (Å²) >= 11 is 1.62. The van der Waals surface area contributed by atoms with Crippen LogP contribution in [-0.2, 0) is 11.3 Å². The minimum atomic E-state index is -0.793. The summed E-state index contributed by atoms with van der Waals surface area (Å²) in [6, 6.07) is 3.86. The van der Waals surface area contributed by atoms with Crippen molar-refractivity contribution < 1.29 is 14.7 Å². The molecule has 8 heteroatoms. The second-order valence-corrected chi connectivity index (χ2v) is 6.43. The molecule has 3 rings (SSSR count). The first-order valence-electron chi connectivity index (χ1n) is 7.08. The maximum Gasteiger partial charge on any atom is 0.306 e. The van der Waals surface area contributed by atoms with Crippen molar-refractivity contribution in [3.63, 3.8) is 0 Å². The topological polar surface area (TPSA) is 97.1 Å². The summed E-state index contributed by atoms with van der Waals surface area (Å²) in [5.41, 5.74) is 0.260. The van der Waals surface area contributed by atoms with Crippen molar-refractivity contribution in [3.8, 4) is 0 Å². The van der Waals surface area contributed by atoms with E-state index < -0.39 is 5.97 Å². The third-order valence-electron chi connectivity index (χ3n) is 3.79. The van der Waals surface area contributed by atoms with Gasteiger partial charge in [0.15, 0.2) is 5.69 Å². The molecule has 2 atom stereocenters. The molecule has 0 bridgehead atoms. The summed E-state index contributed by atoms with van der Waals surface area (Å²) < 4.78 is 1.62. The van der Waals surface area contributed by atoms with E-state index in [9.17, 15) is 9.59 Å². The predicted octanol–water partition coefficient (Wildman–Crippen LogP) is 1.37. The lowest BCUT2D eigenvalue weighted by atomic mass is 10.1. The van der Waals surface area contributed by atoms with Crippen LogP contribution in [-0.4, -0.2) is 38.0 Å². The van der Waals surface area contributed by atoms with Gasteiger partial charge in [-0.25, -0.2) is 4.68 Å². The molecule has 0 aliphatic heterocycles. The first-order chi connectivity index (χ1) is 10.6. The van der Waals surface area contributed by atoms with Gasteiger partial charge in [0.05, 0.1) is 18.7 Å². The maximum atomic E-state index is 12.1. The zero-order valence-electron chi connectivity index (χ0n) is 11.8. The molecule has 2 aromatic rings. The highest BCUT2D eigenvalue weighted by Crippen LogP contribution is 2.25. The third kappa shape index (κ3) is 3.33. The Balaban J connectivity index is 1.57. The number of carbonyl (C=O) groups is 2. The Hall–Kier alpha value is -2.22. The Bertz CT molecular complexity index is 667. The van der Waals surface area contributed by atoms with E-state index in [0.29, 0.717) is 25.8 Å². The van der Waals surface area contributed by atoms with Crippen LogP contribution < -0.4 is 5.32 Å². The third-order valence-corrected chi connectivity index (χ3v) is 4.65. The van der Waals surface area contributed by atoms with Gasteiger partial charge in [-0.05, 0) is 30.7 Å². The van der Waals surface area contributed by atoms with Crippen molar-refractivity contribution in [1.82, 2.24) is 20.3 Å². The molecule has 22 heavy (non-hydrogen) atoms. The Morgan fingerprint density at radius 1 is 1.45 bits per heavy atom. The Morgan fingerprint density at radius 3 is 3.00 bits per heavy atom. The monoisotopic (exact) mass is 320 g/mol. The lowest BCUT2D eigenvalue weighted by Crippen LogP contribution is -2.33. The lowest BCUT2D eigenvalue weighted by Gasteiger charge is -2.10. The van der Waals surface area contributed by atoms with Gasteiger partial charge in [-0.15, -0.1) is 16.4 Å². The molecule has 7 nitrogen and oxygen atoms in total. The van der Waals surface area contributed by atoms with Crippen LogP contribution in [0.3, 0.4) is 0 Å². The van der Waals surface area contributed by atoms with Crippen LogP contribution in [0.2, 0.25) is 0 Å². The fourth-order valence-corrected chi connectivity index (χ4v) is 3.33. The van der Waals surface area contributed by atoms with E-state index in [0.717, 1.165) is 4.88 Å². The lowest BCUT2D eigenvalue weighted by molar-refractivity contribution is -0.141. The number of aromatic nitrogens is 3. The summed E-state index contributed by atoms with van der Waals surface area (Å²) in [6.45, 7) is 0.586. The normalized spacial score (nSPS) is 20.9. The number of rotatable bonds is 5. The molecular formula is C14H16N4O3S. The van der Waals surface area contributed by atoms with Crippen LogP contribution >= 0.6 is 11.3 Å². The molecule has 0 spiro atoms. The Labute approximate surface area is 131 Å². The molecule has 0 radical (unpaired) electrons. The van der Waals surface area contributed by atoms with Gasteiger partial charge in [-0.3, -0.25) is 9.59 Å². The minimum absolute atomic E-state index is 0.101. The first-order valence-corrected chi connectivity index (χ1v) is 7.96. The molecule has 0 saturated heterocycles. The Kier molecular flexibility index (Phi) is 4.19. The summed E-state index contributed by atoms with van der Waals surface area (Å²) in [7, 11) is 0. The second kappa shape index (κ2) is 6.27. The fraction of sp³-hybridized carbons (Fsp3) is 0.429. The zero-order chi connectivity index (χ0) is 15.5. The van der Waals surface area contributed by atoms with Gasteiger partial charge in [0.2, 0.25) is 0 Å². The number of thiophene rings is 1. The summed E-state index contributed by atoms with van der Waals surface area (Å²) in [5.74, 6) is -1.45. The Morgan fingerprint density at radius 2 is 2.32 bits per heavy atom. The summed E-state index contributed by atoms with van der Waals surface area (Å²) in [4.78, 5) is 24.2. The summed E-state index contributed by atoms with van der Waals surface area (Å²) in [5, 5.41) is 21.6. The van der Waals surface area contributed by atoms with Gasteiger partial charge in [-0.1, -0.05) is 11.3 Å². The SMILES string of the molecule is O=C(N[C@@H]1CC[C@H](C(=O)O)C1)c1cn(Cc2cccs2)nn1. The van der Waals surface area contributed by atoms with Crippen LogP contribution in [0.4, 0.5) is 0 Å².